The number of halogens is 1. The van der Waals surface area contributed by atoms with E-state index >= 15 is 0 Å². The van der Waals surface area contributed by atoms with Gasteiger partial charge in [-0.05, 0) is 42.0 Å². The van der Waals surface area contributed by atoms with Crippen molar-refractivity contribution < 1.29 is 19.3 Å². The number of β-amino-alcohol motifs (C(OH)–C–C–N with tert-alkyl or cyclic N) is 1. The van der Waals surface area contributed by atoms with E-state index in [2.05, 4.69) is 37.9 Å². The van der Waals surface area contributed by atoms with Gasteiger partial charge in [0, 0.05) is 43.7 Å². The fraction of sp³-hybridized carbons (Fsp3) is 0.429. The first-order valence-electron chi connectivity index (χ1n) is 9.55. The lowest BCUT2D eigenvalue weighted by molar-refractivity contribution is 0.0446. The zero-order valence-corrected chi connectivity index (χ0v) is 17.3. The number of hydrogen-bond acceptors (Lipinski definition) is 6. The lowest BCUT2D eigenvalue weighted by atomic mass is 10.1. The van der Waals surface area contributed by atoms with E-state index in [9.17, 15) is 5.11 Å². The molecule has 2 aromatic carbocycles. The minimum Gasteiger partial charge on any atom is -0.491 e. The standard InChI is InChI=1S/C21H25BrN2O4/c22-17-2-4-19(5-3-17)26-14-18(25)13-24-9-7-23(8-10-24)12-16-1-6-20-21(11-16)28-15-27-20/h1-6,11,18,25H,7-10,12-15H2/t18-/m0/s1. The van der Waals surface area contributed by atoms with E-state index in [-0.39, 0.29) is 0 Å². The molecule has 0 aliphatic carbocycles. The lowest BCUT2D eigenvalue weighted by Crippen LogP contribution is -2.48. The third-order valence-corrected chi connectivity index (χ3v) is 5.56. The Morgan fingerprint density at radius 2 is 1.68 bits per heavy atom. The molecule has 1 fully saturated rings. The van der Waals surface area contributed by atoms with Crippen LogP contribution in [0.4, 0.5) is 0 Å². The van der Waals surface area contributed by atoms with E-state index in [0.29, 0.717) is 19.9 Å². The smallest absolute Gasteiger partial charge is 0.231 e. The molecule has 1 saturated heterocycles. The Morgan fingerprint density at radius 1 is 0.964 bits per heavy atom. The molecular weight excluding hydrogens is 424 g/mol. The van der Waals surface area contributed by atoms with Crippen molar-refractivity contribution in [1.82, 2.24) is 9.80 Å². The Balaban J connectivity index is 1.18. The minimum absolute atomic E-state index is 0.305. The molecule has 4 rings (SSSR count). The number of aliphatic hydroxyl groups is 1. The summed E-state index contributed by atoms with van der Waals surface area (Å²) >= 11 is 3.40. The van der Waals surface area contributed by atoms with Crippen molar-refractivity contribution in [2.75, 3.05) is 46.1 Å². The maximum absolute atomic E-state index is 10.3. The second kappa shape index (κ2) is 9.13. The Morgan fingerprint density at radius 3 is 2.46 bits per heavy atom. The number of aliphatic hydroxyl groups excluding tert-OH is 1. The number of ether oxygens (including phenoxy) is 3. The normalized spacial score (nSPS) is 18.2. The third-order valence-electron chi connectivity index (χ3n) is 5.03. The summed E-state index contributed by atoms with van der Waals surface area (Å²) in [6, 6.07) is 13.8. The van der Waals surface area contributed by atoms with Gasteiger partial charge >= 0.3 is 0 Å². The lowest BCUT2D eigenvalue weighted by Gasteiger charge is -2.35. The van der Waals surface area contributed by atoms with Gasteiger partial charge in [0.25, 0.3) is 0 Å². The Hall–Kier alpha value is -1.80. The Kier molecular flexibility index (Phi) is 6.36. The second-order valence-electron chi connectivity index (χ2n) is 7.18. The van der Waals surface area contributed by atoms with Gasteiger partial charge in [0.2, 0.25) is 6.79 Å². The Labute approximate surface area is 173 Å². The summed E-state index contributed by atoms with van der Waals surface area (Å²) in [6.07, 6.45) is -0.496. The monoisotopic (exact) mass is 448 g/mol. The largest absolute Gasteiger partial charge is 0.491 e. The van der Waals surface area contributed by atoms with Crippen LogP contribution < -0.4 is 14.2 Å². The fourth-order valence-corrected chi connectivity index (χ4v) is 3.77. The molecule has 0 saturated carbocycles. The average Bonchev–Trinajstić information content (AvgIpc) is 3.17. The van der Waals surface area contributed by atoms with Crippen molar-refractivity contribution in [3.63, 3.8) is 0 Å². The summed E-state index contributed by atoms with van der Waals surface area (Å²) in [6.45, 7) is 6.00. The molecule has 0 spiro atoms. The van der Waals surface area contributed by atoms with Crippen LogP contribution in [0, 0.1) is 0 Å². The van der Waals surface area contributed by atoms with Crippen LogP contribution in [0.5, 0.6) is 17.2 Å². The molecule has 0 amide bonds. The molecule has 28 heavy (non-hydrogen) atoms. The van der Waals surface area contributed by atoms with Gasteiger partial charge in [-0.15, -0.1) is 0 Å². The van der Waals surface area contributed by atoms with Crippen molar-refractivity contribution in [2.24, 2.45) is 0 Å². The van der Waals surface area contributed by atoms with Crippen molar-refractivity contribution in [2.45, 2.75) is 12.6 Å². The van der Waals surface area contributed by atoms with Crippen LogP contribution in [0.3, 0.4) is 0 Å². The summed E-state index contributed by atoms with van der Waals surface area (Å²) in [5.41, 5.74) is 1.24. The number of fused-ring (bicyclic) bond motifs is 1. The summed E-state index contributed by atoms with van der Waals surface area (Å²) in [4.78, 5) is 4.73. The molecule has 2 aliphatic rings. The molecule has 1 atom stereocenters. The van der Waals surface area contributed by atoms with Gasteiger partial charge in [-0.3, -0.25) is 9.80 Å². The number of benzene rings is 2. The van der Waals surface area contributed by atoms with Crippen LogP contribution in [0.25, 0.3) is 0 Å². The number of nitrogens with zero attached hydrogens (tertiary/aromatic N) is 2. The second-order valence-corrected chi connectivity index (χ2v) is 8.10. The van der Waals surface area contributed by atoms with E-state index in [1.165, 1.54) is 5.56 Å². The highest BCUT2D eigenvalue weighted by Crippen LogP contribution is 2.32. The summed E-state index contributed by atoms with van der Waals surface area (Å²) in [7, 11) is 0. The topological polar surface area (TPSA) is 54.4 Å². The molecule has 6 nitrogen and oxygen atoms in total. The molecule has 0 unspecified atom stereocenters. The van der Waals surface area contributed by atoms with Crippen LogP contribution >= 0.6 is 15.9 Å². The minimum atomic E-state index is -0.496. The molecule has 0 radical (unpaired) electrons. The maximum atomic E-state index is 10.3. The number of piperazine rings is 1. The van der Waals surface area contributed by atoms with Gasteiger partial charge in [0.1, 0.15) is 18.5 Å². The fourth-order valence-electron chi connectivity index (χ4n) is 3.50. The molecule has 2 aliphatic heterocycles. The maximum Gasteiger partial charge on any atom is 0.231 e. The predicted octanol–water partition coefficient (Wildman–Crippen LogP) is 2.74. The first-order valence-corrected chi connectivity index (χ1v) is 10.3. The van der Waals surface area contributed by atoms with E-state index < -0.39 is 6.10 Å². The molecule has 2 heterocycles. The van der Waals surface area contributed by atoms with Gasteiger partial charge in [0.15, 0.2) is 11.5 Å². The first-order chi connectivity index (χ1) is 13.7. The zero-order valence-electron chi connectivity index (χ0n) is 15.7. The molecule has 2 aromatic rings. The SMILES string of the molecule is O[C@H](COc1ccc(Br)cc1)CN1CCN(Cc2ccc3c(c2)OCO3)CC1. The summed E-state index contributed by atoms with van der Waals surface area (Å²) in [5, 5.41) is 10.3. The molecule has 0 bridgehead atoms. The van der Waals surface area contributed by atoms with Gasteiger partial charge in [0.05, 0.1) is 0 Å². The van der Waals surface area contributed by atoms with E-state index in [1.807, 2.05) is 30.3 Å². The van der Waals surface area contributed by atoms with Gasteiger partial charge in [-0.2, -0.15) is 0 Å². The van der Waals surface area contributed by atoms with Crippen molar-refractivity contribution in [3.8, 4) is 17.2 Å². The van der Waals surface area contributed by atoms with Crippen molar-refractivity contribution in [1.29, 1.82) is 0 Å². The third kappa shape index (κ3) is 5.17. The number of rotatable bonds is 7. The number of hydrogen-bond donors (Lipinski definition) is 1. The quantitative estimate of drug-likeness (QED) is 0.702. The van der Waals surface area contributed by atoms with Gasteiger partial charge < -0.3 is 19.3 Å². The first kappa shape index (κ1) is 19.5. The van der Waals surface area contributed by atoms with Crippen molar-refractivity contribution in [3.05, 3.63) is 52.5 Å². The molecule has 150 valence electrons. The highest BCUT2D eigenvalue weighted by molar-refractivity contribution is 9.10. The van der Waals surface area contributed by atoms with E-state index in [1.54, 1.807) is 0 Å². The highest BCUT2D eigenvalue weighted by Gasteiger charge is 2.20. The van der Waals surface area contributed by atoms with Crippen LogP contribution in [0.2, 0.25) is 0 Å². The van der Waals surface area contributed by atoms with Crippen LogP contribution in [-0.2, 0) is 6.54 Å². The van der Waals surface area contributed by atoms with Crippen LogP contribution in [-0.4, -0.2) is 67.1 Å². The molecule has 7 heteroatoms. The predicted molar refractivity (Wildman–Crippen MR) is 110 cm³/mol. The molecule has 1 N–H and O–H groups in total. The molecule has 0 aromatic heterocycles. The van der Waals surface area contributed by atoms with Crippen LogP contribution in [0.15, 0.2) is 46.9 Å². The van der Waals surface area contributed by atoms with E-state index in [0.717, 1.165) is 54.4 Å². The van der Waals surface area contributed by atoms with Crippen LogP contribution in [0.1, 0.15) is 5.56 Å². The molecular formula is C21H25BrN2O4. The average molecular weight is 449 g/mol. The van der Waals surface area contributed by atoms with E-state index in [4.69, 9.17) is 14.2 Å². The van der Waals surface area contributed by atoms with Gasteiger partial charge in [-0.1, -0.05) is 22.0 Å². The highest BCUT2D eigenvalue weighted by atomic mass is 79.9. The van der Waals surface area contributed by atoms with Crippen molar-refractivity contribution >= 4 is 15.9 Å². The summed E-state index contributed by atoms with van der Waals surface area (Å²) < 4.78 is 17.5. The zero-order chi connectivity index (χ0) is 19.3. The van der Waals surface area contributed by atoms with Gasteiger partial charge in [-0.25, -0.2) is 0 Å². The summed E-state index contributed by atoms with van der Waals surface area (Å²) in [5.74, 6) is 2.44. The Bertz CT molecular complexity index is 778.